The predicted octanol–water partition coefficient (Wildman–Crippen LogP) is 5.84. The maximum Gasteiger partial charge on any atom is 0.196 e. The lowest BCUT2D eigenvalue weighted by Crippen LogP contribution is -1.99. The van der Waals surface area contributed by atoms with E-state index in [-0.39, 0.29) is 0 Å². The van der Waals surface area contributed by atoms with E-state index < -0.39 is 0 Å². The molecule has 1 heterocycles. The number of hydrogen-bond donors (Lipinski definition) is 0. The second-order valence-electron chi connectivity index (χ2n) is 6.55. The molecule has 0 unspecified atom stereocenters. The maximum atomic E-state index is 4.37. The molecule has 0 spiro atoms. The molecule has 3 aromatic carbocycles. The lowest BCUT2D eigenvalue weighted by molar-refractivity contribution is 0.868. The number of benzene rings is 3. The van der Waals surface area contributed by atoms with Gasteiger partial charge in [-0.1, -0.05) is 84.1 Å². The van der Waals surface area contributed by atoms with Gasteiger partial charge in [0.1, 0.15) is 5.82 Å². The highest BCUT2D eigenvalue weighted by atomic mass is 32.2. The fraction of sp³-hybridized carbons (Fsp3) is 0.130. The zero-order valence-electron chi connectivity index (χ0n) is 15.5. The molecule has 4 rings (SSSR count). The monoisotopic (exact) mass is 371 g/mol. The fourth-order valence-electron chi connectivity index (χ4n) is 3.00. The quantitative estimate of drug-likeness (QED) is 0.413. The molecule has 0 N–H and O–H groups in total. The van der Waals surface area contributed by atoms with Crippen molar-refractivity contribution in [3.63, 3.8) is 0 Å². The molecule has 3 nitrogen and oxygen atoms in total. The number of aromatic nitrogens is 3. The molecule has 1 aromatic heterocycles. The molecule has 0 atom stereocenters. The van der Waals surface area contributed by atoms with Gasteiger partial charge in [0.2, 0.25) is 0 Å². The van der Waals surface area contributed by atoms with Gasteiger partial charge in [0.15, 0.2) is 5.16 Å². The zero-order valence-corrected chi connectivity index (χ0v) is 16.3. The van der Waals surface area contributed by atoms with Crippen LogP contribution < -0.4 is 0 Å². The Labute approximate surface area is 164 Å². The number of thioether (sulfide) groups is 1. The Kier molecular flexibility index (Phi) is 5.07. The first-order valence-corrected chi connectivity index (χ1v) is 9.95. The number of rotatable bonds is 5. The van der Waals surface area contributed by atoms with Gasteiger partial charge in [0, 0.05) is 11.4 Å². The van der Waals surface area contributed by atoms with E-state index in [9.17, 15) is 0 Å². The average molecular weight is 372 g/mol. The molecule has 0 radical (unpaired) electrons. The van der Waals surface area contributed by atoms with Gasteiger partial charge in [0.25, 0.3) is 0 Å². The van der Waals surface area contributed by atoms with Gasteiger partial charge in [-0.2, -0.15) is 0 Å². The van der Waals surface area contributed by atoms with Gasteiger partial charge in [0.05, 0.1) is 0 Å². The van der Waals surface area contributed by atoms with Gasteiger partial charge in [-0.25, -0.2) is 0 Å². The van der Waals surface area contributed by atoms with E-state index in [2.05, 4.69) is 94.5 Å². The SMILES string of the molecule is Cc1ccc(-n2c(C)nnc2SCc2ccc(-c3ccccc3)cc2)cc1. The first-order chi connectivity index (χ1) is 13.2. The van der Waals surface area contributed by atoms with Crippen LogP contribution in [0.3, 0.4) is 0 Å². The topological polar surface area (TPSA) is 30.7 Å². The largest absolute Gasteiger partial charge is 0.274 e. The summed E-state index contributed by atoms with van der Waals surface area (Å²) < 4.78 is 2.11. The molecule has 0 aliphatic heterocycles. The summed E-state index contributed by atoms with van der Waals surface area (Å²) >= 11 is 1.71. The van der Waals surface area contributed by atoms with Gasteiger partial charge in [-0.15, -0.1) is 10.2 Å². The highest BCUT2D eigenvalue weighted by Gasteiger charge is 2.11. The smallest absolute Gasteiger partial charge is 0.196 e. The van der Waals surface area contributed by atoms with Crippen molar-refractivity contribution < 1.29 is 0 Å². The normalized spacial score (nSPS) is 10.9. The van der Waals surface area contributed by atoms with Crippen LogP contribution in [0.4, 0.5) is 0 Å². The van der Waals surface area contributed by atoms with E-state index in [1.54, 1.807) is 11.8 Å². The van der Waals surface area contributed by atoms with Crippen LogP contribution in [0.2, 0.25) is 0 Å². The second kappa shape index (κ2) is 7.80. The van der Waals surface area contributed by atoms with Crippen LogP contribution in [-0.2, 0) is 5.75 Å². The Morgan fingerprint density at radius 3 is 2.11 bits per heavy atom. The Balaban J connectivity index is 1.50. The van der Waals surface area contributed by atoms with Crippen LogP contribution in [0.5, 0.6) is 0 Å². The second-order valence-corrected chi connectivity index (χ2v) is 7.49. The molecular weight excluding hydrogens is 350 g/mol. The van der Waals surface area contributed by atoms with Crippen LogP contribution in [0.1, 0.15) is 17.0 Å². The Morgan fingerprint density at radius 2 is 1.41 bits per heavy atom. The average Bonchev–Trinajstić information content (AvgIpc) is 3.08. The summed E-state index contributed by atoms with van der Waals surface area (Å²) in [5, 5.41) is 9.56. The number of aryl methyl sites for hydroxylation is 2. The Morgan fingerprint density at radius 1 is 0.741 bits per heavy atom. The van der Waals surface area contributed by atoms with Crippen molar-refractivity contribution in [1.82, 2.24) is 14.8 Å². The third kappa shape index (κ3) is 3.96. The van der Waals surface area contributed by atoms with Crippen molar-refractivity contribution in [3.8, 4) is 16.8 Å². The van der Waals surface area contributed by atoms with Crippen molar-refractivity contribution in [2.75, 3.05) is 0 Å². The van der Waals surface area contributed by atoms with Crippen molar-refractivity contribution in [2.24, 2.45) is 0 Å². The summed E-state index contributed by atoms with van der Waals surface area (Å²) in [6.07, 6.45) is 0. The third-order valence-electron chi connectivity index (χ3n) is 4.52. The van der Waals surface area contributed by atoms with E-state index >= 15 is 0 Å². The summed E-state index contributed by atoms with van der Waals surface area (Å²) in [6, 6.07) is 27.7. The number of hydrogen-bond acceptors (Lipinski definition) is 3. The Bertz CT molecular complexity index is 1020. The molecule has 4 heteroatoms. The minimum absolute atomic E-state index is 0.860. The van der Waals surface area contributed by atoms with E-state index in [0.29, 0.717) is 0 Å². The molecule has 4 aromatic rings. The van der Waals surface area contributed by atoms with Crippen molar-refractivity contribution in [2.45, 2.75) is 24.8 Å². The Hall–Kier alpha value is -2.85. The molecule has 0 saturated carbocycles. The van der Waals surface area contributed by atoms with Crippen molar-refractivity contribution in [1.29, 1.82) is 0 Å². The molecule has 0 fully saturated rings. The van der Waals surface area contributed by atoms with Crippen LogP contribution >= 0.6 is 11.8 Å². The molecule has 0 bridgehead atoms. The minimum atomic E-state index is 0.860. The summed E-state index contributed by atoms with van der Waals surface area (Å²) in [5.74, 6) is 1.76. The van der Waals surface area contributed by atoms with Gasteiger partial charge >= 0.3 is 0 Å². The fourth-order valence-corrected chi connectivity index (χ4v) is 3.95. The highest BCUT2D eigenvalue weighted by Crippen LogP contribution is 2.26. The molecule has 0 aliphatic carbocycles. The maximum absolute atomic E-state index is 4.37. The van der Waals surface area contributed by atoms with Gasteiger partial charge in [-0.05, 0) is 42.7 Å². The van der Waals surface area contributed by atoms with Gasteiger partial charge in [-0.3, -0.25) is 4.57 Å². The third-order valence-corrected chi connectivity index (χ3v) is 5.52. The van der Waals surface area contributed by atoms with Crippen LogP contribution in [-0.4, -0.2) is 14.8 Å². The molecule has 0 amide bonds. The van der Waals surface area contributed by atoms with Crippen LogP contribution in [0.25, 0.3) is 16.8 Å². The summed E-state index contributed by atoms with van der Waals surface area (Å²) in [6.45, 7) is 4.09. The predicted molar refractivity (Wildman–Crippen MR) is 112 cm³/mol. The molecular formula is C23H21N3S. The minimum Gasteiger partial charge on any atom is -0.274 e. The molecule has 134 valence electrons. The summed E-state index contributed by atoms with van der Waals surface area (Å²) in [4.78, 5) is 0. The first kappa shape index (κ1) is 17.6. The first-order valence-electron chi connectivity index (χ1n) is 8.97. The highest BCUT2D eigenvalue weighted by molar-refractivity contribution is 7.98. The lowest BCUT2D eigenvalue weighted by atomic mass is 10.0. The van der Waals surface area contributed by atoms with Crippen molar-refractivity contribution in [3.05, 3.63) is 95.8 Å². The number of nitrogens with zero attached hydrogens (tertiary/aromatic N) is 3. The van der Waals surface area contributed by atoms with E-state index in [4.69, 9.17) is 0 Å². The van der Waals surface area contributed by atoms with E-state index in [1.807, 2.05) is 13.0 Å². The lowest BCUT2D eigenvalue weighted by Gasteiger charge is -2.09. The van der Waals surface area contributed by atoms with Crippen molar-refractivity contribution >= 4 is 11.8 Å². The van der Waals surface area contributed by atoms with E-state index in [0.717, 1.165) is 22.4 Å². The van der Waals surface area contributed by atoms with Gasteiger partial charge < -0.3 is 0 Å². The molecule has 27 heavy (non-hydrogen) atoms. The summed E-state index contributed by atoms with van der Waals surface area (Å²) in [5.41, 5.74) is 6.10. The zero-order chi connectivity index (χ0) is 18.6. The van der Waals surface area contributed by atoms with Crippen LogP contribution in [0, 0.1) is 13.8 Å². The standard InChI is InChI=1S/C23H21N3S/c1-17-8-14-22(15-9-17)26-18(2)24-25-23(26)27-16-19-10-12-21(13-11-19)20-6-4-3-5-7-20/h3-15H,16H2,1-2H3. The summed E-state index contributed by atoms with van der Waals surface area (Å²) in [7, 11) is 0. The van der Waals surface area contributed by atoms with E-state index in [1.165, 1.54) is 22.3 Å². The molecule has 0 saturated heterocycles. The van der Waals surface area contributed by atoms with Crippen LogP contribution in [0.15, 0.2) is 84.0 Å². The molecule has 0 aliphatic rings.